The number of nitrogens with zero attached hydrogens (tertiary/aromatic N) is 2. The van der Waals surface area contributed by atoms with Gasteiger partial charge in [-0.1, -0.05) is 13.0 Å². The molecule has 1 amide bonds. The molecule has 26 heavy (non-hydrogen) atoms. The zero-order valence-corrected chi connectivity index (χ0v) is 14.0. The second kappa shape index (κ2) is 7.18. The first kappa shape index (κ1) is 17.3. The summed E-state index contributed by atoms with van der Waals surface area (Å²) in [6.45, 7) is 1.88. The van der Waals surface area contributed by atoms with Crippen molar-refractivity contribution in [3.63, 3.8) is 0 Å². The monoisotopic (exact) mass is 353 g/mol. The Labute approximate surface area is 149 Å². The molecule has 132 valence electrons. The van der Waals surface area contributed by atoms with Crippen LogP contribution in [0.1, 0.15) is 33.3 Å². The Morgan fingerprint density at radius 2 is 1.92 bits per heavy atom. The van der Waals surface area contributed by atoms with E-state index in [2.05, 4.69) is 5.10 Å². The van der Waals surface area contributed by atoms with Gasteiger partial charge in [-0.3, -0.25) is 4.79 Å². The molecular formula is C19H16FN3O3. The van der Waals surface area contributed by atoms with E-state index in [9.17, 15) is 14.0 Å². The van der Waals surface area contributed by atoms with Crippen LogP contribution in [-0.4, -0.2) is 21.7 Å². The normalized spacial score (nSPS) is 10.5. The van der Waals surface area contributed by atoms with Gasteiger partial charge in [-0.2, -0.15) is 5.10 Å². The highest BCUT2D eigenvalue weighted by atomic mass is 19.1. The van der Waals surface area contributed by atoms with Crippen molar-refractivity contribution in [2.45, 2.75) is 13.3 Å². The van der Waals surface area contributed by atoms with Gasteiger partial charge in [0, 0.05) is 5.56 Å². The zero-order valence-electron chi connectivity index (χ0n) is 14.0. The molecule has 3 rings (SSSR count). The predicted octanol–water partition coefficient (Wildman–Crippen LogP) is 2.89. The van der Waals surface area contributed by atoms with Crippen LogP contribution in [0.15, 0.2) is 54.7 Å². The summed E-state index contributed by atoms with van der Waals surface area (Å²) in [6.07, 6.45) is 1.92. The number of ether oxygens (including phenoxy) is 1. The number of carbonyl (C=O) groups is 2. The number of amides is 1. The van der Waals surface area contributed by atoms with Crippen LogP contribution in [0.4, 0.5) is 4.39 Å². The highest BCUT2D eigenvalue weighted by Gasteiger charge is 2.19. The molecule has 0 unspecified atom stereocenters. The third-order valence-corrected chi connectivity index (χ3v) is 3.82. The van der Waals surface area contributed by atoms with Crippen LogP contribution in [-0.2, 0) is 6.42 Å². The first-order chi connectivity index (χ1) is 12.5. The molecule has 0 spiro atoms. The third kappa shape index (κ3) is 3.46. The van der Waals surface area contributed by atoms with Gasteiger partial charge in [-0.05, 0) is 48.9 Å². The summed E-state index contributed by atoms with van der Waals surface area (Å²) in [6, 6.07) is 11.9. The van der Waals surface area contributed by atoms with Crippen LogP contribution in [0, 0.1) is 5.82 Å². The van der Waals surface area contributed by atoms with Crippen molar-refractivity contribution >= 4 is 11.9 Å². The molecule has 0 aliphatic carbocycles. The molecule has 1 heterocycles. The van der Waals surface area contributed by atoms with Gasteiger partial charge in [0.2, 0.25) is 5.91 Å². The lowest BCUT2D eigenvalue weighted by atomic mass is 10.2. The zero-order chi connectivity index (χ0) is 18.7. The Bertz CT molecular complexity index is 964. The van der Waals surface area contributed by atoms with Crippen LogP contribution in [0.3, 0.4) is 0 Å². The summed E-state index contributed by atoms with van der Waals surface area (Å²) in [5.41, 5.74) is 7.03. The number of esters is 1. The van der Waals surface area contributed by atoms with E-state index in [1.165, 1.54) is 30.5 Å². The Balaban J connectivity index is 1.89. The largest absolute Gasteiger partial charge is 0.423 e. The summed E-state index contributed by atoms with van der Waals surface area (Å²) in [5.74, 6) is -1.35. The second-order valence-electron chi connectivity index (χ2n) is 5.53. The van der Waals surface area contributed by atoms with E-state index in [-0.39, 0.29) is 17.1 Å². The Morgan fingerprint density at radius 1 is 1.19 bits per heavy atom. The molecular weight excluding hydrogens is 337 g/mol. The quantitative estimate of drug-likeness (QED) is 0.564. The van der Waals surface area contributed by atoms with Gasteiger partial charge in [0.15, 0.2) is 0 Å². The van der Waals surface area contributed by atoms with Gasteiger partial charge >= 0.3 is 5.97 Å². The standard InChI is InChI=1S/C19H16FN3O3/c1-2-17-16(11-22-23(17)14-8-6-13(20)7-9-14)19(25)26-15-5-3-4-12(10-15)18(21)24/h3-11H,2H2,1H3,(H2,21,24). The minimum absolute atomic E-state index is 0.211. The van der Waals surface area contributed by atoms with E-state index in [0.29, 0.717) is 23.4 Å². The Morgan fingerprint density at radius 3 is 2.58 bits per heavy atom. The number of hydrogen-bond donors (Lipinski definition) is 1. The fourth-order valence-corrected chi connectivity index (χ4v) is 2.56. The van der Waals surface area contributed by atoms with Crippen molar-refractivity contribution in [2.75, 3.05) is 0 Å². The van der Waals surface area contributed by atoms with Crippen molar-refractivity contribution in [3.05, 3.63) is 77.4 Å². The van der Waals surface area contributed by atoms with E-state index in [1.54, 1.807) is 28.9 Å². The highest BCUT2D eigenvalue weighted by Crippen LogP contribution is 2.20. The lowest BCUT2D eigenvalue weighted by Gasteiger charge is -2.08. The molecule has 0 fully saturated rings. The molecule has 2 aromatic carbocycles. The number of aromatic nitrogens is 2. The first-order valence-corrected chi connectivity index (χ1v) is 7.94. The van der Waals surface area contributed by atoms with Crippen molar-refractivity contribution in [1.29, 1.82) is 0 Å². The average molecular weight is 353 g/mol. The van der Waals surface area contributed by atoms with E-state index in [4.69, 9.17) is 10.5 Å². The van der Waals surface area contributed by atoms with Crippen LogP contribution >= 0.6 is 0 Å². The van der Waals surface area contributed by atoms with Gasteiger partial charge in [-0.25, -0.2) is 13.9 Å². The smallest absolute Gasteiger partial charge is 0.347 e. The maximum absolute atomic E-state index is 13.1. The van der Waals surface area contributed by atoms with Gasteiger partial charge < -0.3 is 10.5 Å². The summed E-state index contributed by atoms with van der Waals surface area (Å²) in [4.78, 5) is 23.8. The summed E-state index contributed by atoms with van der Waals surface area (Å²) < 4.78 is 20.0. The van der Waals surface area contributed by atoms with Gasteiger partial charge in [-0.15, -0.1) is 0 Å². The Hall–Kier alpha value is -3.48. The number of rotatable bonds is 5. The van der Waals surface area contributed by atoms with Crippen molar-refractivity contribution in [1.82, 2.24) is 9.78 Å². The van der Waals surface area contributed by atoms with E-state index < -0.39 is 11.9 Å². The number of halogens is 1. The SMILES string of the molecule is CCc1c(C(=O)Oc2cccc(C(N)=O)c2)cnn1-c1ccc(F)cc1. The van der Waals surface area contributed by atoms with Crippen molar-refractivity contribution in [2.24, 2.45) is 5.73 Å². The maximum atomic E-state index is 13.1. The summed E-state index contributed by atoms with van der Waals surface area (Å²) in [7, 11) is 0. The number of carbonyl (C=O) groups excluding carboxylic acids is 2. The first-order valence-electron chi connectivity index (χ1n) is 7.94. The Kier molecular flexibility index (Phi) is 4.79. The molecule has 7 heteroatoms. The lowest BCUT2D eigenvalue weighted by molar-refractivity contribution is 0.0732. The van der Waals surface area contributed by atoms with Gasteiger partial charge in [0.05, 0.1) is 17.6 Å². The molecule has 3 aromatic rings. The molecule has 6 nitrogen and oxygen atoms in total. The van der Waals surface area contributed by atoms with Gasteiger partial charge in [0.1, 0.15) is 17.1 Å². The molecule has 0 radical (unpaired) electrons. The number of nitrogens with two attached hydrogens (primary N) is 1. The molecule has 1 aromatic heterocycles. The third-order valence-electron chi connectivity index (χ3n) is 3.82. The fraction of sp³-hybridized carbons (Fsp3) is 0.105. The van der Waals surface area contributed by atoms with E-state index in [1.807, 2.05) is 6.92 Å². The summed E-state index contributed by atoms with van der Waals surface area (Å²) >= 11 is 0. The molecule has 0 bridgehead atoms. The molecule has 0 atom stereocenters. The molecule has 2 N–H and O–H groups in total. The average Bonchev–Trinajstić information content (AvgIpc) is 3.06. The highest BCUT2D eigenvalue weighted by molar-refractivity contribution is 5.94. The topological polar surface area (TPSA) is 87.2 Å². The predicted molar refractivity (Wildman–Crippen MR) is 92.8 cm³/mol. The van der Waals surface area contributed by atoms with E-state index >= 15 is 0 Å². The number of primary amides is 1. The number of hydrogen-bond acceptors (Lipinski definition) is 4. The maximum Gasteiger partial charge on any atom is 0.347 e. The van der Waals surface area contributed by atoms with Crippen LogP contribution < -0.4 is 10.5 Å². The van der Waals surface area contributed by atoms with Crippen molar-refractivity contribution in [3.8, 4) is 11.4 Å². The number of benzene rings is 2. The molecule has 0 aliphatic heterocycles. The van der Waals surface area contributed by atoms with Gasteiger partial charge in [0.25, 0.3) is 0 Å². The van der Waals surface area contributed by atoms with Crippen LogP contribution in [0.5, 0.6) is 5.75 Å². The molecule has 0 saturated carbocycles. The molecule has 0 saturated heterocycles. The van der Waals surface area contributed by atoms with Crippen molar-refractivity contribution < 1.29 is 18.7 Å². The minimum Gasteiger partial charge on any atom is -0.423 e. The second-order valence-corrected chi connectivity index (χ2v) is 5.53. The lowest BCUT2D eigenvalue weighted by Crippen LogP contribution is -2.13. The molecule has 0 aliphatic rings. The van der Waals surface area contributed by atoms with Crippen LogP contribution in [0.2, 0.25) is 0 Å². The van der Waals surface area contributed by atoms with E-state index in [0.717, 1.165) is 0 Å². The van der Waals surface area contributed by atoms with Crippen LogP contribution in [0.25, 0.3) is 5.69 Å². The fourth-order valence-electron chi connectivity index (χ4n) is 2.56. The minimum atomic E-state index is -0.610. The summed E-state index contributed by atoms with van der Waals surface area (Å²) in [5, 5.41) is 4.21.